The topological polar surface area (TPSA) is 52.6 Å². The molecule has 0 spiro atoms. The number of fused-ring (bicyclic) bond motifs is 1. The molecule has 1 atom stereocenters. The highest BCUT2D eigenvalue weighted by atomic mass is 32.1. The van der Waals surface area contributed by atoms with Gasteiger partial charge in [0, 0.05) is 51.2 Å². The Balaban J connectivity index is 1.32. The lowest BCUT2D eigenvalue weighted by atomic mass is 9.87. The molecule has 2 aliphatic rings. The first-order valence-electron chi connectivity index (χ1n) is 10.3. The Morgan fingerprint density at radius 3 is 2.79 bits per heavy atom. The van der Waals surface area contributed by atoms with Gasteiger partial charge in [-0.05, 0) is 30.4 Å². The van der Waals surface area contributed by atoms with Crippen LogP contribution in [-0.2, 0) is 17.6 Å². The van der Waals surface area contributed by atoms with E-state index in [4.69, 9.17) is 0 Å². The predicted molar refractivity (Wildman–Crippen MR) is 113 cm³/mol. The molecule has 6 nitrogen and oxygen atoms in total. The molecule has 1 aromatic carbocycles. The highest BCUT2D eigenvalue weighted by Gasteiger charge is 2.28. The number of aromatic nitrogens is 2. The number of carbonyl (C=O) groups is 1. The highest BCUT2D eigenvalue weighted by Crippen LogP contribution is 2.33. The maximum Gasteiger partial charge on any atom is 0.237 e. The molecule has 28 heavy (non-hydrogen) atoms. The van der Waals surface area contributed by atoms with Gasteiger partial charge in [0.15, 0.2) is 0 Å². The molecule has 0 radical (unpaired) electrons. The van der Waals surface area contributed by atoms with Crippen molar-refractivity contribution in [3.8, 4) is 0 Å². The number of aryl methyl sites for hydroxylation is 2. The summed E-state index contributed by atoms with van der Waals surface area (Å²) in [5, 5.41) is 1.01. The Kier molecular flexibility index (Phi) is 5.92. The van der Waals surface area contributed by atoms with Crippen molar-refractivity contribution in [2.45, 2.75) is 38.6 Å². The van der Waals surface area contributed by atoms with E-state index in [0.717, 1.165) is 62.8 Å². The molecule has 150 valence electrons. The van der Waals surface area contributed by atoms with Gasteiger partial charge in [0.25, 0.3) is 0 Å². The summed E-state index contributed by atoms with van der Waals surface area (Å²) in [5.74, 6) is 1.14. The van der Waals surface area contributed by atoms with Gasteiger partial charge in [-0.2, -0.15) is 4.37 Å². The first-order valence-corrected chi connectivity index (χ1v) is 11.1. The van der Waals surface area contributed by atoms with Crippen LogP contribution in [0, 0.1) is 0 Å². The number of hydrogen-bond acceptors (Lipinski definition) is 6. The van der Waals surface area contributed by atoms with Crippen LogP contribution in [0.3, 0.4) is 0 Å². The minimum absolute atomic E-state index is 0.215. The molecule has 4 rings (SSSR count). The normalized spacial score (nSPS) is 20.1. The Hall–Kier alpha value is -1.99. The maximum absolute atomic E-state index is 13.0. The van der Waals surface area contributed by atoms with Gasteiger partial charge in [0.1, 0.15) is 5.82 Å². The van der Waals surface area contributed by atoms with Gasteiger partial charge in [-0.3, -0.25) is 9.69 Å². The van der Waals surface area contributed by atoms with Crippen LogP contribution >= 0.6 is 11.5 Å². The van der Waals surface area contributed by atoms with Crippen molar-refractivity contribution in [3.63, 3.8) is 0 Å². The third-order valence-corrected chi connectivity index (χ3v) is 6.79. The second-order valence-corrected chi connectivity index (χ2v) is 8.45. The second-order valence-electron chi connectivity index (χ2n) is 7.72. The van der Waals surface area contributed by atoms with Crippen molar-refractivity contribution < 1.29 is 4.79 Å². The van der Waals surface area contributed by atoms with Gasteiger partial charge in [0.05, 0.1) is 12.6 Å². The molecular weight excluding hydrogens is 370 g/mol. The zero-order valence-corrected chi connectivity index (χ0v) is 17.6. The van der Waals surface area contributed by atoms with Gasteiger partial charge < -0.3 is 9.80 Å². The molecule has 0 N–H and O–H groups in total. The van der Waals surface area contributed by atoms with Crippen molar-refractivity contribution in [1.82, 2.24) is 19.2 Å². The Morgan fingerprint density at radius 1 is 1.25 bits per heavy atom. The average molecular weight is 400 g/mol. The van der Waals surface area contributed by atoms with E-state index in [1.807, 2.05) is 11.9 Å². The van der Waals surface area contributed by atoms with Gasteiger partial charge in [-0.25, -0.2) is 4.98 Å². The van der Waals surface area contributed by atoms with Gasteiger partial charge >= 0.3 is 0 Å². The molecule has 1 aliphatic heterocycles. The number of likely N-dealkylation sites (N-methyl/N-ethyl adjacent to an activating group) is 1. The standard InChI is InChI=1S/C21H29N5OS/c1-3-19-22-21(28-23-19)26-13-11-25(12-14-26)15-20(27)24(2)18-10-6-8-16-7-4-5-9-17(16)18/h4-5,7,9,18H,3,6,8,10-15H2,1-2H3. The number of hydrogen-bond donors (Lipinski definition) is 0. The summed E-state index contributed by atoms with van der Waals surface area (Å²) in [4.78, 5) is 24.1. The number of anilines is 1. The Labute approximate surface area is 171 Å². The number of carbonyl (C=O) groups excluding carboxylic acids is 1. The molecule has 1 aliphatic carbocycles. The van der Waals surface area contributed by atoms with Crippen molar-refractivity contribution in [2.24, 2.45) is 0 Å². The van der Waals surface area contributed by atoms with E-state index in [0.29, 0.717) is 6.54 Å². The molecular formula is C21H29N5OS. The molecule has 1 amide bonds. The molecule has 0 bridgehead atoms. The summed E-state index contributed by atoms with van der Waals surface area (Å²) in [5.41, 5.74) is 2.73. The maximum atomic E-state index is 13.0. The van der Waals surface area contributed by atoms with E-state index in [1.165, 1.54) is 22.7 Å². The molecule has 2 aromatic rings. The summed E-state index contributed by atoms with van der Waals surface area (Å²) in [7, 11) is 1.97. The van der Waals surface area contributed by atoms with Crippen molar-refractivity contribution in [2.75, 3.05) is 44.7 Å². The van der Waals surface area contributed by atoms with E-state index in [9.17, 15) is 4.79 Å². The Bertz CT molecular complexity index is 815. The monoisotopic (exact) mass is 399 g/mol. The first-order chi connectivity index (χ1) is 13.7. The summed E-state index contributed by atoms with van der Waals surface area (Å²) in [6.45, 7) is 6.17. The Morgan fingerprint density at radius 2 is 2.04 bits per heavy atom. The van der Waals surface area contributed by atoms with E-state index in [-0.39, 0.29) is 11.9 Å². The van der Waals surface area contributed by atoms with Gasteiger partial charge in [-0.1, -0.05) is 31.2 Å². The lowest BCUT2D eigenvalue weighted by Gasteiger charge is -2.37. The number of nitrogens with zero attached hydrogens (tertiary/aromatic N) is 5. The van der Waals surface area contributed by atoms with Crippen molar-refractivity contribution >= 4 is 22.6 Å². The molecule has 0 saturated carbocycles. The summed E-state index contributed by atoms with van der Waals surface area (Å²) < 4.78 is 4.39. The second kappa shape index (κ2) is 8.57. The number of piperazine rings is 1. The first kappa shape index (κ1) is 19.3. The zero-order chi connectivity index (χ0) is 19.5. The van der Waals surface area contributed by atoms with Gasteiger partial charge in [0.2, 0.25) is 11.0 Å². The zero-order valence-electron chi connectivity index (χ0n) is 16.8. The smallest absolute Gasteiger partial charge is 0.237 e. The van der Waals surface area contributed by atoms with E-state index < -0.39 is 0 Å². The van der Waals surface area contributed by atoms with Gasteiger partial charge in [-0.15, -0.1) is 0 Å². The summed E-state index contributed by atoms with van der Waals surface area (Å²) in [6.07, 6.45) is 4.22. The number of benzene rings is 1. The van der Waals surface area contributed by atoms with Crippen LogP contribution in [0.1, 0.15) is 42.8 Å². The molecule has 1 saturated heterocycles. The van der Waals surface area contributed by atoms with Crippen LogP contribution in [0.25, 0.3) is 0 Å². The molecule has 2 heterocycles. The fourth-order valence-corrected chi connectivity index (χ4v) is 5.02. The van der Waals surface area contributed by atoms with Crippen LogP contribution in [0.2, 0.25) is 0 Å². The molecule has 1 fully saturated rings. The summed E-state index contributed by atoms with van der Waals surface area (Å²) >= 11 is 1.48. The fourth-order valence-electron chi connectivity index (χ4n) is 4.22. The lowest BCUT2D eigenvalue weighted by Crippen LogP contribution is -2.50. The number of rotatable bonds is 5. The third kappa shape index (κ3) is 4.05. The van der Waals surface area contributed by atoms with Crippen molar-refractivity contribution in [3.05, 3.63) is 41.2 Å². The largest absolute Gasteiger partial charge is 0.344 e. The van der Waals surface area contributed by atoms with Crippen LogP contribution in [0.15, 0.2) is 24.3 Å². The van der Waals surface area contributed by atoms with E-state index in [2.05, 4.69) is 50.3 Å². The number of amides is 1. The predicted octanol–water partition coefficient (Wildman–Crippen LogP) is 2.76. The van der Waals surface area contributed by atoms with Crippen LogP contribution in [-0.4, -0.2) is 64.8 Å². The summed E-state index contributed by atoms with van der Waals surface area (Å²) in [6, 6.07) is 8.80. The lowest BCUT2D eigenvalue weighted by molar-refractivity contribution is -0.133. The highest BCUT2D eigenvalue weighted by molar-refractivity contribution is 7.09. The van der Waals surface area contributed by atoms with Crippen LogP contribution in [0.4, 0.5) is 5.13 Å². The molecule has 1 unspecified atom stereocenters. The minimum Gasteiger partial charge on any atom is -0.344 e. The fraction of sp³-hybridized carbons (Fsp3) is 0.571. The third-order valence-electron chi connectivity index (χ3n) is 5.97. The molecule has 7 heteroatoms. The molecule has 1 aromatic heterocycles. The van der Waals surface area contributed by atoms with Crippen LogP contribution < -0.4 is 4.90 Å². The van der Waals surface area contributed by atoms with Crippen molar-refractivity contribution in [1.29, 1.82) is 0 Å². The van der Waals surface area contributed by atoms with Crippen LogP contribution in [0.5, 0.6) is 0 Å². The SMILES string of the molecule is CCc1nsc(N2CCN(CC(=O)N(C)C3CCCc4ccccc43)CC2)n1. The quantitative estimate of drug-likeness (QED) is 0.774. The average Bonchev–Trinajstić information content (AvgIpc) is 3.22. The van der Waals surface area contributed by atoms with E-state index >= 15 is 0 Å². The minimum atomic E-state index is 0.215. The van der Waals surface area contributed by atoms with E-state index in [1.54, 1.807) is 0 Å².